The molecule has 1 unspecified atom stereocenters. The van der Waals surface area contributed by atoms with E-state index in [0.717, 1.165) is 12.8 Å². The summed E-state index contributed by atoms with van der Waals surface area (Å²) in [5.74, 6) is -1.45. The highest BCUT2D eigenvalue weighted by molar-refractivity contribution is 5.82. The molecule has 5 nitrogen and oxygen atoms in total. The van der Waals surface area contributed by atoms with Crippen LogP contribution in [0.15, 0.2) is 29.3 Å². The van der Waals surface area contributed by atoms with E-state index in [1.807, 2.05) is 6.07 Å². The number of carboxylic acids is 1. The number of carbonyl (C=O) groups is 1. The molecule has 128 valence electrons. The van der Waals surface area contributed by atoms with Crippen molar-refractivity contribution in [2.75, 3.05) is 0 Å². The van der Waals surface area contributed by atoms with Crippen molar-refractivity contribution < 1.29 is 9.90 Å². The Morgan fingerprint density at radius 3 is 2.30 bits per heavy atom. The van der Waals surface area contributed by atoms with Crippen LogP contribution in [0.4, 0.5) is 5.69 Å². The quantitative estimate of drug-likeness (QED) is 0.327. The van der Waals surface area contributed by atoms with Crippen LogP contribution in [0.1, 0.15) is 69.8 Å². The largest absolute Gasteiger partial charge is 0.481 e. The zero-order chi connectivity index (χ0) is 17.1. The number of aliphatic imine (C=N–C) groups is 1. The molecule has 0 amide bonds. The summed E-state index contributed by atoms with van der Waals surface area (Å²) in [4.78, 5) is 15.7. The Morgan fingerprint density at radius 1 is 1.09 bits per heavy atom. The zero-order valence-electron chi connectivity index (χ0n) is 14.0. The number of aliphatic carboxylic acids is 1. The van der Waals surface area contributed by atoms with Gasteiger partial charge in [0.15, 0.2) is 5.96 Å². The number of unbranched alkanes of at least 4 members (excludes halogenated alkanes) is 6. The van der Waals surface area contributed by atoms with Gasteiger partial charge < -0.3 is 16.6 Å². The molecule has 1 atom stereocenters. The summed E-state index contributed by atoms with van der Waals surface area (Å²) in [5, 5.41) is 9.55. The number of guanidine groups is 1. The molecule has 0 aliphatic rings. The molecule has 0 heterocycles. The fraction of sp³-hybridized carbons (Fsp3) is 0.556. The first kappa shape index (κ1) is 19.0. The van der Waals surface area contributed by atoms with Gasteiger partial charge in [-0.1, -0.05) is 70.1 Å². The van der Waals surface area contributed by atoms with E-state index in [-0.39, 0.29) is 5.96 Å². The lowest BCUT2D eigenvalue weighted by Gasteiger charge is -2.15. The average molecular weight is 319 g/mol. The maximum absolute atomic E-state index is 11.6. The van der Waals surface area contributed by atoms with Gasteiger partial charge in [0.05, 0.1) is 11.6 Å². The first-order valence-corrected chi connectivity index (χ1v) is 8.47. The molecule has 0 bridgehead atoms. The second-order valence-electron chi connectivity index (χ2n) is 5.90. The molecule has 0 aromatic heterocycles. The summed E-state index contributed by atoms with van der Waals surface area (Å²) in [5.41, 5.74) is 12.1. The Bertz CT molecular complexity index is 511. The van der Waals surface area contributed by atoms with Crippen molar-refractivity contribution in [3.8, 4) is 0 Å². The standard InChI is InChI=1S/C18H29N3O2/c1-2-3-4-5-6-7-8-12-15(17(22)23)14-11-9-10-13-16(14)21-18(19)20/h9-11,13,15H,2-8,12H2,1H3,(H,22,23)(H4,19,20,21). The molecule has 0 spiro atoms. The number of nitrogens with two attached hydrogens (primary N) is 2. The minimum atomic E-state index is -0.825. The third-order valence-electron chi connectivity index (χ3n) is 3.96. The molecular weight excluding hydrogens is 290 g/mol. The van der Waals surface area contributed by atoms with Gasteiger partial charge in [0.25, 0.3) is 0 Å². The normalized spacial score (nSPS) is 11.9. The topological polar surface area (TPSA) is 102 Å². The summed E-state index contributed by atoms with van der Waals surface area (Å²) in [7, 11) is 0. The van der Waals surface area contributed by atoms with Crippen molar-refractivity contribution in [2.24, 2.45) is 16.5 Å². The SMILES string of the molecule is CCCCCCCCCC(C(=O)O)c1ccccc1N=C(N)N. The Hall–Kier alpha value is -2.04. The van der Waals surface area contributed by atoms with Crippen LogP contribution < -0.4 is 11.5 Å². The van der Waals surface area contributed by atoms with Crippen molar-refractivity contribution >= 4 is 17.6 Å². The monoisotopic (exact) mass is 319 g/mol. The van der Waals surface area contributed by atoms with E-state index >= 15 is 0 Å². The Labute approximate surface area is 138 Å². The molecule has 23 heavy (non-hydrogen) atoms. The van der Waals surface area contributed by atoms with Gasteiger partial charge in [0.2, 0.25) is 0 Å². The molecule has 0 radical (unpaired) electrons. The average Bonchev–Trinajstić information content (AvgIpc) is 2.50. The maximum Gasteiger partial charge on any atom is 0.311 e. The second kappa shape index (κ2) is 10.6. The van der Waals surface area contributed by atoms with Crippen molar-refractivity contribution in [2.45, 2.75) is 64.2 Å². The van der Waals surface area contributed by atoms with Crippen molar-refractivity contribution in [3.05, 3.63) is 29.8 Å². The van der Waals surface area contributed by atoms with Crippen LogP contribution in [0.2, 0.25) is 0 Å². The van der Waals surface area contributed by atoms with E-state index < -0.39 is 11.9 Å². The van der Waals surface area contributed by atoms with Gasteiger partial charge in [-0.2, -0.15) is 0 Å². The van der Waals surface area contributed by atoms with E-state index in [1.165, 1.54) is 32.1 Å². The van der Waals surface area contributed by atoms with Crippen LogP contribution in [0, 0.1) is 0 Å². The summed E-state index contributed by atoms with van der Waals surface area (Å²) >= 11 is 0. The molecule has 0 saturated carbocycles. The van der Waals surface area contributed by atoms with Crippen molar-refractivity contribution in [3.63, 3.8) is 0 Å². The summed E-state index contributed by atoms with van der Waals surface area (Å²) in [6.07, 6.45) is 8.77. The van der Waals surface area contributed by atoms with Crippen LogP contribution >= 0.6 is 0 Å². The lowest BCUT2D eigenvalue weighted by Crippen LogP contribution is -2.22. The number of para-hydroxylation sites is 1. The lowest BCUT2D eigenvalue weighted by atomic mass is 9.91. The molecule has 5 heteroatoms. The van der Waals surface area contributed by atoms with Crippen LogP contribution in [0.5, 0.6) is 0 Å². The predicted molar refractivity (Wildman–Crippen MR) is 94.9 cm³/mol. The van der Waals surface area contributed by atoms with E-state index in [1.54, 1.807) is 18.2 Å². The van der Waals surface area contributed by atoms with Crippen molar-refractivity contribution in [1.29, 1.82) is 0 Å². The lowest BCUT2D eigenvalue weighted by molar-refractivity contribution is -0.139. The number of hydrogen-bond donors (Lipinski definition) is 3. The van der Waals surface area contributed by atoms with Gasteiger partial charge in [0, 0.05) is 0 Å². The third kappa shape index (κ3) is 7.17. The van der Waals surface area contributed by atoms with Crippen LogP contribution in [0.25, 0.3) is 0 Å². The number of carboxylic acid groups (broad SMARTS) is 1. The Balaban J connectivity index is 2.62. The van der Waals surface area contributed by atoms with Crippen molar-refractivity contribution in [1.82, 2.24) is 0 Å². The summed E-state index contributed by atoms with van der Waals surface area (Å²) < 4.78 is 0. The number of rotatable bonds is 11. The second-order valence-corrected chi connectivity index (χ2v) is 5.90. The van der Waals surface area contributed by atoms with E-state index in [0.29, 0.717) is 17.7 Å². The van der Waals surface area contributed by atoms with Gasteiger partial charge in [-0.05, 0) is 18.1 Å². The summed E-state index contributed by atoms with van der Waals surface area (Å²) in [6.45, 7) is 2.20. The molecule has 1 aromatic rings. The van der Waals surface area contributed by atoms with Gasteiger partial charge in [-0.15, -0.1) is 0 Å². The van der Waals surface area contributed by atoms with Crippen LogP contribution in [0.3, 0.4) is 0 Å². The first-order valence-electron chi connectivity index (χ1n) is 8.47. The van der Waals surface area contributed by atoms with Gasteiger partial charge in [-0.3, -0.25) is 4.79 Å². The van der Waals surface area contributed by atoms with E-state index in [9.17, 15) is 9.90 Å². The van der Waals surface area contributed by atoms with Gasteiger partial charge >= 0.3 is 5.97 Å². The molecule has 1 aromatic carbocycles. The zero-order valence-corrected chi connectivity index (χ0v) is 14.0. The first-order chi connectivity index (χ1) is 11.1. The number of nitrogens with zero attached hydrogens (tertiary/aromatic N) is 1. The maximum atomic E-state index is 11.6. The molecule has 0 fully saturated rings. The van der Waals surface area contributed by atoms with Crippen LogP contribution in [-0.2, 0) is 4.79 Å². The van der Waals surface area contributed by atoms with Crippen LogP contribution in [-0.4, -0.2) is 17.0 Å². The fourth-order valence-electron chi connectivity index (χ4n) is 2.74. The molecule has 0 aliphatic heterocycles. The predicted octanol–water partition coefficient (Wildman–Crippen LogP) is 3.90. The van der Waals surface area contributed by atoms with E-state index in [4.69, 9.17) is 11.5 Å². The minimum Gasteiger partial charge on any atom is -0.481 e. The molecule has 0 aliphatic carbocycles. The molecule has 1 rings (SSSR count). The summed E-state index contributed by atoms with van der Waals surface area (Å²) in [6, 6.07) is 7.16. The minimum absolute atomic E-state index is 0.0579. The fourth-order valence-corrected chi connectivity index (χ4v) is 2.74. The van der Waals surface area contributed by atoms with Gasteiger partial charge in [-0.25, -0.2) is 4.99 Å². The van der Waals surface area contributed by atoms with E-state index in [2.05, 4.69) is 11.9 Å². The Morgan fingerprint density at radius 2 is 1.70 bits per heavy atom. The highest BCUT2D eigenvalue weighted by Gasteiger charge is 2.22. The molecular formula is C18H29N3O2. The smallest absolute Gasteiger partial charge is 0.311 e. The Kier molecular flexibility index (Phi) is 8.80. The highest BCUT2D eigenvalue weighted by atomic mass is 16.4. The molecule has 0 saturated heterocycles. The number of benzene rings is 1. The number of hydrogen-bond acceptors (Lipinski definition) is 2. The third-order valence-corrected chi connectivity index (χ3v) is 3.96. The highest BCUT2D eigenvalue weighted by Crippen LogP contribution is 2.31. The van der Waals surface area contributed by atoms with Gasteiger partial charge in [0.1, 0.15) is 0 Å². The molecule has 5 N–H and O–H groups in total.